The van der Waals surface area contributed by atoms with Crippen LogP contribution in [-0.2, 0) is 4.79 Å². The number of hydrogen-bond donors (Lipinski definition) is 1. The van der Waals surface area contributed by atoms with Gasteiger partial charge in [-0.1, -0.05) is 6.07 Å². The molecule has 8 heteroatoms. The fourth-order valence-corrected chi connectivity index (χ4v) is 4.05. The van der Waals surface area contributed by atoms with Crippen LogP contribution in [0.25, 0.3) is 0 Å². The second kappa shape index (κ2) is 6.18. The van der Waals surface area contributed by atoms with E-state index in [1.807, 2.05) is 22.4 Å². The highest BCUT2D eigenvalue weighted by atomic mass is 32.1. The number of carbonyl (C=O) groups excluding carboxylic acids is 1. The first kappa shape index (κ1) is 16.1. The number of likely N-dealkylation sites (tertiary alicyclic amines) is 1. The number of carbonyl (C=O) groups is 1. The summed E-state index contributed by atoms with van der Waals surface area (Å²) in [6.07, 6.45) is -1.70. The maximum absolute atomic E-state index is 13.0. The van der Waals surface area contributed by atoms with Gasteiger partial charge < -0.3 is 19.7 Å². The molecule has 3 heterocycles. The normalized spacial score (nSPS) is 20.7. The number of ether oxygens (including phenoxy) is 2. The Balaban J connectivity index is 1.39. The number of thiophene rings is 1. The number of rotatable bonds is 4. The Hall–Kier alpha value is -2.35. The zero-order chi connectivity index (χ0) is 17.4. The highest BCUT2D eigenvalue weighted by Gasteiger charge is 2.43. The van der Waals surface area contributed by atoms with E-state index in [-0.39, 0.29) is 30.0 Å². The number of halogens is 2. The number of fused-ring (bicyclic) bond motifs is 1. The Morgan fingerprint density at radius 3 is 2.96 bits per heavy atom. The van der Waals surface area contributed by atoms with E-state index in [0.717, 1.165) is 19.4 Å². The molecule has 2 aliphatic rings. The number of nitrogens with one attached hydrogen (secondary N) is 1. The van der Waals surface area contributed by atoms with Gasteiger partial charge in [0.2, 0.25) is 5.91 Å². The highest BCUT2D eigenvalue weighted by molar-refractivity contribution is 7.10. The third-order valence-electron chi connectivity index (χ3n) is 4.29. The van der Waals surface area contributed by atoms with Crippen molar-refractivity contribution in [3.05, 3.63) is 40.6 Å². The van der Waals surface area contributed by atoms with E-state index in [0.29, 0.717) is 5.69 Å². The first-order chi connectivity index (χ1) is 12.0. The summed E-state index contributed by atoms with van der Waals surface area (Å²) >= 11 is 1.65. The molecule has 1 amide bonds. The lowest BCUT2D eigenvalue weighted by atomic mass is 10.2. The van der Waals surface area contributed by atoms with Gasteiger partial charge in [-0.15, -0.1) is 20.1 Å². The fourth-order valence-electron chi connectivity index (χ4n) is 3.18. The first-order valence-electron chi connectivity index (χ1n) is 7.98. The van der Waals surface area contributed by atoms with Crippen LogP contribution in [-0.4, -0.2) is 30.2 Å². The predicted molar refractivity (Wildman–Crippen MR) is 89.1 cm³/mol. The van der Waals surface area contributed by atoms with Gasteiger partial charge in [0.15, 0.2) is 11.5 Å². The van der Waals surface area contributed by atoms with E-state index in [9.17, 15) is 13.6 Å². The molecule has 1 atom stereocenters. The number of anilines is 1. The maximum atomic E-state index is 13.0. The first-order valence-corrected chi connectivity index (χ1v) is 8.86. The van der Waals surface area contributed by atoms with Crippen LogP contribution in [0.1, 0.15) is 23.8 Å². The summed E-state index contributed by atoms with van der Waals surface area (Å²) in [4.78, 5) is 15.6. The van der Waals surface area contributed by atoms with Gasteiger partial charge in [0.1, 0.15) is 0 Å². The van der Waals surface area contributed by atoms with Crippen molar-refractivity contribution < 1.29 is 23.0 Å². The summed E-state index contributed by atoms with van der Waals surface area (Å²) in [7, 11) is 0. The van der Waals surface area contributed by atoms with E-state index in [2.05, 4.69) is 14.8 Å². The van der Waals surface area contributed by atoms with Gasteiger partial charge in [-0.2, -0.15) is 0 Å². The summed E-state index contributed by atoms with van der Waals surface area (Å²) in [5.74, 6) is -0.0711. The van der Waals surface area contributed by atoms with Gasteiger partial charge in [-0.3, -0.25) is 4.79 Å². The Labute approximate surface area is 147 Å². The van der Waals surface area contributed by atoms with Gasteiger partial charge in [0, 0.05) is 23.2 Å². The van der Waals surface area contributed by atoms with E-state index in [4.69, 9.17) is 0 Å². The van der Waals surface area contributed by atoms with E-state index in [1.54, 1.807) is 17.4 Å². The van der Waals surface area contributed by atoms with Crippen molar-refractivity contribution in [2.75, 3.05) is 18.4 Å². The fraction of sp³-hybridized carbons (Fsp3) is 0.353. The van der Waals surface area contributed by atoms with Crippen LogP contribution < -0.4 is 14.8 Å². The lowest BCUT2D eigenvalue weighted by Gasteiger charge is -2.24. The molecule has 132 valence electrons. The number of amides is 1. The Morgan fingerprint density at radius 2 is 2.16 bits per heavy atom. The van der Waals surface area contributed by atoms with Crippen LogP contribution >= 0.6 is 11.3 Å². The minimum absolute atomic E-state index is 0.0146. The molecule has 25 heavy (non-hydrogen) atoms. The van der Waals surface area contributed by atoms with Crippen molar-refractivity contribution in [2.24, 2.45) is 0 Å². The summed E-state index contributed by atoms with van der Waals surface area (Å²) in [5.41, 5.74) is 0.528. The van der Waals surface area contributed by atoms with Crippen LogP contribution in [0.5, 0.6) is 11.5 Å². The van der Waals surface area contributed by atoms with Crippen molar-refractivity contribution in [3.63, 3.8) is 0 Å². The Bertz CT molecular complexity index is 782. The molecule has 0 unspecified atom stereocenters. The topological polar surface area (TPSA) is 50.8 Å². The summed E-state index contributed by atoms with van der Waals surface area (Å²) in [5, 5.41) is 4.99. The predicted octanol–water partition coefficient (Wildman–Crippen LogP) is 3.85. The molecule has 0 saturated carbocycles. The number of hydrogen-bond acceptors (Lipinski definition) is 5. The maximum Gasteiger partial charge on any atom is 0.586 e. The second-order valence-electron chi connectivity index (χ2n) is 5.94. The SMILES string of the molecule is O=C(CNc1ccc2c(c1)OC(F)(F)O2)N1CCC[C@H]1c1cccs1. The number of nitrogens with zero attached hydrogens (tertiary/aromatic N) is 1. The monoisotopic (exact) mass is 366 g/mol. The Kier molecular flexibility index (Phi) is 3.99. The van der Waals surface area contributed by atoms with Crippen molar-refractivity contribution in [1.82, 2.24) is 4.90 Å². The average Bonchev–Trinajstić information content (AvgIpc) is 3.29. The molecule has 1 fully saturated rings. The molecule has 2 aromatic rings. The molecule has 0 spiro atoms. The molecule has 1 saturated heterocycles. The van der Waals surface area contributed by atoms with Crippen LogP contribution in [0.4, 0.5) is 14.5 Å². The van der Waals surface area contributed by atoms with Crippen LogP contribution in [0.15, 0.2) is 35.7 Å². The summed E-state index contributed by atoms with van der Waals surface area (Å²) < 4.78 is 34.9. The third-order valence-corrected chi connectivity index (χ3v) is 5.26. The molecule has 1 aromatic heterocycles. The van der Waals surface area contributed by atoms with Gasteiger partial charge in [0.25, 0.3) is 0 Å². The minimum Gasteiger partial charge on any atom is -0.395 e. The minimum atomic E-state index is -3.64. The van der Waals surface area contributed by atoms with Crippen molar-refractivity contribution in [1.29, 1.82) is 0 Å². The molecule has 1 aromatic carbocycles. The molecule has 0 bridgehead atoms. The molecular weight excluding hydrogens is 350 g/mol. The highest BCUT2D eigenvalue weighted by Crippen LogP contribution is 2.42. The smallest absolute Gasteiger partial charge is 0.395 e. The van der Waals surface area contributed by atoms with E-state index < -0.39 is 6.29 Å². The van der Waals surface area contributed by atoms with Crippen molar-refractivity contribution in [2.45, 2.75) is 25.2 Å². The van der Waals surface area contributed by atoms with Crippen LogP contribution in [0.2, 0.25) is 0 Å². The molecule has 5 nitrogen and oxygen atoms in total. The van der Waals surface area contributed by atoms with Gasteiger partial charge in [-0.25, -0.2) is 0 Å². The summed E-state index contributed by atoms with van der Waals surface area (Å²) in [6.45, 7) is 0.828. The zero-order valence-electron chi connectivity index (χ0n) is 13.2. The molecular formula is C17H16F2N2O3S. The Morgan fingerprint density at radius 1 is 1.32 bits per heavy atom. The summed E-state index contributed by atoms with van der Waals surface area (Å²) in [6, 6.07) is 8.55. The third kappa shape index (κ3) is 3.26. The molecule has 0 radical (unpaired) electrons. The van der Waals surface area contributed by atoms with E-state index >= 15 is 0 Å². The lowest BCUT2D eigenvalue weighted by molar-refractivity contribution is -0.286. The lowest BCUT2D eigenvalue weighted by Crippen LogP contribution is -2.34. The van der Waals surface area contributed by atoms with Gasteiger partial charge in [0.05, 0.1) is 12.6 Å². The van der Waals surface area contributed by atoms with Gasteiger partial charge in [-0.05, 0) is 36.4 Å². The van der Waals surface area contributed by atoms with Crippen molar-refractivity contribution in [3.8, 4) is 11.5 Å². The average molecular weight is 366 g/mol. The molecule has 0 aliphatic carbocycles. The largest absolute Gasteiger partial charge is 0.586 e. The zero-order valence-corrected chi connectivity index (χ0v) is 14.0. The standard InChI is InChI=1S/C17H16F2N2O3S/c18-17(19)23-13-6-5-11(9-14(13)24-17)20-10-16(22)21-7-1-3-12(21)15-4-2-8-25-15/h2,4-6,8-9,12,20H,1,3,7,10H2/t12-/m0/s1. The van der Waals surface area contributed by atoms with Crippen molar-refractivity contribution >= 4 is 22.9 Å². The molecule has 4 rings (SSSR count). The van der Waals surface area contributed by atoms with Crippen LogP contribution in [0, 0.1) is 0 Å². The van der Waals surface area contributed by atoms with Crippen LogP contribution in [0.3, 0.4) is 0 Å². The number of alkyl halides is 2. The number of benzene rings is 1. The quantitative estimate of drug-likeness (QED) is 0.893. The van der Waals surface area contributed by atoms with E-state index in [1.165, 1.54) is 17.0 Å². The molecule has 1 N–H and O–H groups in total. The second-order valence-corrected chi connectivity index (χ2v) is 6.92. The van der Waals surface area contributed by atoms with Gasteiger partial charge >= 0.3 is 6.29 Å². The molecule has 2 aliphatic heterocycles.